The van der Waals surface area contributed by atoms with Gasteiger partial charge in [-0.1, -0.05) is 18.2 Å². The first-order chi connectivity index (χ1) is 14.1. The maximum Gasteiger partial charge on any atom is 0.270 e. The van der Waals surface area contributed by atoms with Crippen LogP contribution in [-0.4, -0.2) is 41.7 Å². The summed E-state index contributed by atoms with van der Waals surface area (Å²) in [6.07, 6.45) is 1.67. The minimum atomic E-state index is -0.385. The van der Waals surface area contributed by atoms with Gasteiger partial charge >= 0.3 is 0 Å². The van der Waals surface area contributed by atoms with Crippen LogP contribution < -0.4 is 10.1 Å². The van der Waals surface area contributed by atoms with Crippen molar-refractivity contribution in [3.63, 3.8) is 0 Å². The molecule has 1 amide bonds. The van der Waals surface area contributed by atoms with Gasteiger partial charge in [0, 0.05) is 54.5 Å². The highest BCUT2D eigenvalue weighted by Gasteiger charge is 2.25. The molecule has 0 radical (unpaired) electrons. The summed E-state index contributed by atoms with van der Waals surface area (Å²) in [5.74, 6) is 0.645. The number of ether oxygens (including phenoxy) is 2. The molecule has 0 bridgehead atoms. The third-order valence-corrected chi connectivity index (χ3v) is 5.34. The minimum absolute atomic E-state index is 0.0507. The van der Waals surface area contributed by atoms with Crippen molar-refractivity contribution >= 4 is 11.6 Å². The number of likely N-dealkylation sites (tertiary alicyclic amines) is 1. The largest absolute Gasteiger partial charge is 0.467 e. The van der Waals surface area contributed by atoms with Gasteiger partial charge in [0.1, 0.15) is 5.75 Å². The van der Waals surface area contributed by atoms with Crippen LogP contribution in [0.25, 0.3) is 0 Å². The highest BCUT2D eigenvalue weighted by molar-refractivity contribution is 5.94. The van der Waals surface area contributed by atoms with Gasteiger partial charge in [0.25, 0.3) is 11.6 Å². The van der Waals surface area contributed by atoms with Crippen molar-refractivity contribution < 1.29 is 19.2 Å². The number of nitro groups is 1. The number of hydrogen-bond acceptors (Lipinski definition) is 6. The molecule has 1 fully saturated rings. The first-order valence-corrected chi connectivity index (χ1v) is 9.69. The number of rotatable bonds is 5. The van der Waals surface area contributed by atoms with Crippen LogP contribution in [0.3, 0.4) is 0 Å². The van der Waals surface area contributed by atoms with Crippen LogP contribution in [-0.2, 0) is 17.9 Å². The normalized spacial score (nSPS) is 17.2. The van der Waals surface area contributed by atoms with Crippen molar-refractivity contribution in [2.45, 2.75) is 32.0 Å². The lowest BCUT2D eigenvalue weighted by molar-refractivity contribution is -0.385. The minimum Gasteiger partial charge on any atom is -0.467 e. The number of hydrogen-bond donors (Lipinski definition) is 1. The Morgan fingerprint density at radius 1 is 1.21 bits per heavy atom. The van der Waals surface area contributed by atoms with Crippen molar-refractivity contribution in [3.05, 3.63) is 69.3 Å². The number of nitrogens with one attached hydrogen (secondary N) is 1. The highest BCUT2D eigenvalue weighted by Crippen LogP contribution is 2.33. The Bertz CT molecular complexity index is 895. The highest BCUT2D eigenvalue weighted by atomic mass is 16.7. The van der Waals surface area contributed by atoms with Gasteiger partial charge in [0.05, 0.1) is 11.5 Å². The van der Waals surface area contributed by atoms with Gasteiger partial charge < -0.3 is 14.8 Å². The molecule has 0 saturated carbocycles. The van der Waals surface area contributed by atoms with Gasteiger partial charge in [0.2, 0.25) is 0 Å². The molecule has 2 aliphatic rings. The Labute approximate surface area is 168 Å². The number of amides is 1. The summed E-state index contributed by atoms with van der Waals surface area (Å²) in [7, 11) is 0. The quantitative estimate of drug-likeness (QED) is 0.616. The van der Waals surface area contributed by atoms with E-state index in [0.29, 0.717) is 30.0 Å². The predicted molar refractivity (Wildman–Crippen MR) is 106 cm³/mol. The van der Waals surface area contributed by atoms with E-state index in [1.54, 1.807) is 18.2 Å². The molecule has 152 valence electrons. The molecule has 29 heavy (non-hydrogen) atoms. The zero-order valence-corrected chi connectivity index (χ0v) is 16.0. The van der Waals surface area contributed by atoms with Crippen LogP contribution >= 0.6 is 0 Å². The fourth-order valence-corrected chi connectivity index (χ4v) is 3.84. The lowest BCUT2D eigenvalue weighted by Gasteiger charge is -2.33. The number of nitrogens with zero attached hydrogens (tertiary/aromatic N) is 2. The number of carbonyl (C=O) groups excluding carboxylic acids is 1. The van der Waals surface area contributed by atoms with E-state index in [1.165, 1.54) is 6.07 Å². The molecule has 1 saturated heterocycles. The molecular formula is C21H23N3O5. The van der Waals surface area contributed by atoms with Gasteiger partial charge in [-0.15, -0.1) is 0 Å². The second-order valence-corrected chi connectivity index (χ2v) is 7.35. The van der Waals surface area contributed by atoms with Crippen molar-refractivity contribution in [1.82, 2.24) is 10.2 Å². The molecule has 0 unspecified atom stereocenters. The van der Waals surface area contributed by atoms with Crippen molar-refractivity contribution in [2.24, 2.45) is 0 Å². The van der Waals surface area contributed by atoms with Crippen LogP contribution in [0.2, 0.25) is 0 Å². The van der Waals surface area contributed by atoms with Crippen LogP contribution in [0.15, 0.2) is 42.5 Å². The number of benzene rings is 2. The van der Waals surface area contributed by atoms with E-state index < -0.39 is 0 Å². The van der Waals surface area contributed by atoms with Crippen LogP contribution in [0.5, 0.6) is 5.75 Å². The summed E-state index contributed by atoms with van der Waals surface area (Å²) >= 11 is 0. The fraction of sp³-hybridized carbons (Fsp3) is 0.381. The number of piperidine rings is 1. The first-order valence-electron chi connectivity index (χ1n) is 9.69. The van der Waals surface area contributed by atoms with Gasteiger partial charge in [-0.3, -0.25) is 19.8 Å². The lowest BCUT2D eigenvalue weighted by atomic mass is 10.0. The molecule has 0 atom stereocenters. The number of fused-ring (bicyclic) bond motifs is 1. The van der Waals surface area contributed by atoms with Crippen molar-refractivity contribution in [3.8, 4) is 5.75 Å². The topological polar surface area (TPSA) is 93.9 Å². The molecule has 2 heterocycles. The number of non-ortho nitro benzene ring substituents is 1. The molecule has 0 spiro atoms. The Balaban J connectivity index is 1.38. The number of carbonyl (C=O) groups is 1. The Morgan fingerprint density at radius 3 is 2.69 bits per heavy atom. The standard InChI is InChI=1S/C21H23N3O5/c25-21(15-4-2-1-3-5-15)22-18-6-8-23(9-7-18)12-16-10-19(24(26)27)11-17-13-28-14-29-20(16)17/h1-5,10-11,18H,6-9,12-14H2,(H,22,25). The van der Waals surface area contributed by atoms with E-state index in [2.05, 4.69) is 10.2 Å². The third kappa shape index (κ3) is 4.55. The van der Waals surface area contributed by atoms with Gasteiger partial charge in [-0.2, -0.15) is 0 Å². The Hall–Kier alpha value is -2.97. The van der Waals surface area contributed by atoms with Crippen molar-refractivity contribution in [2.75, 3.05) is 19.9 Å². The smallest absolute Gasteiger partial charge is 0.270 e. The molecule has 8 nitrogen and oxygen atoms in total. The van der Waals surface area contributed by atoms with Crippen molar-refractivity contribution in [1.29, 1.82) is 0 Å². The van der Waals surface area contributed by atoms with Gasteiger partial charge in [-0.05, 0) is 25.0 Å². The van der Waals surface area contributed by atoms with Crippen LogP contribution in [0.4, 0.5) is 5.69 Å². The van der Waals surface area contributed by atoms with E-state index in [4.69, 9.17) is 9.47 Å². The van der Waals surface area contributed by atoms with Crippen LogP contribution in [0.1, 0.15) is 34.3 Å². The Morgan fingerprint density at radius 2 is 1.97 bits per heavy atom. The molecule has 1 N–H and O–H groups in total. The first kappa shape index (κ1) is 19.4. The van der Waals surface area contributed by atoms with Crippen LogP contribution in [0, 0.1) is 10.1 Å². The van der Waals surface area contributed by atoms with E-state index in [-0.39, 0.29) is 29.4 Å². The fourth-order valence-electron chi connectivity index (χ4n) is 3.84. The summed E-state index contributed by atoms with van der Waals surface area (Å²) in [6, 6.07) is 12.4. The molecule has 4 rings (SSSR count). The summed E-state index contributed by atoms with van der Waals surface area (Å²) in [5, 5.41) is 14.4. The molecule has 8 heteroatoms. The summed E-state index contributed by atoms with van der Waals surface area (Å²) in [5.41, 5.74) is 2.24. The van der Waals surface area contributed by atoms with E-state index in [1.807, 2.05) is 18.2 Å². The molecular weight excluding hydrogens is 374 g/mol. The molecule has 2 aromatic rings. The number of nitro benzene ring substituents is 1. The summed E-state index contributed by atoms with van der Waals surface area (Å²) in [4.78, 5) is 25.4. The second-order valence-electron chi connectivity index (χ2n) is 7.35. The Kier molecular flexibility index (Phi) is 5.73. The van der Waals surface area contributed by atoms with E-state index in [9.17, 15) is 14.9 Å². The zero-order valence-electron chi connectivity index (χ0n) is 16.0. The summed E-state index contributed by atoms with van der Waals surface area (Å²) < 4.78 is 10.9. The second kappa shape index (κ2) is 8.59. The molecule has 0 aliphatic carbocycles. The van der Waals surface area contributed by atoms with E-state index in [0.717, 1.165) is 31.5 Å². The average molecular weight is 397 g/mol. The maximum atomic E-state index is 12.3. The predicted octanol–water partition coefficient (Wildman–Crippen LogP) is 2.86. The third-order valence-electron chi connectivity index (χ3n) is 5.34. The van der Waals surface area contributed by atoms with E-state index >= 15 is 0 Å². The zero-order chi connectivity index (χ0) is 20.2. The maximum absolute atomic E-state index is 12.3. The monoisotopic (exact) mass is 397 g/mol. The van der Waals surface area contributed by atoms with Gasteiger partial charge in [-0.25, -0.2) is 0 Å². The summed E-state index contributed by atoms with van der Waals surface area (Å²) in [6.45, 7) is 2.65. The molecule has 2 aromatic carbocycles. The molecule has 0 aromatic heterocycles. The average Bonchev–Trinajstić information content (AvgIpc) is 2.75. The molecule has 2 aliphatic heterocycles. The SMILES string of the molecule is O=C(NC1CCN(Cc2cc([N+](=O)[O-])cc3c2OCOC3)CC1)c1ccccc1. The van der Waals surface area contributed by atoms with Gasteiger partial charge in [0.15, 0.2) is 6.79 Å². The lowest BCUT2D eigenvalue weighted by Crippen LogP contribution is -2.44.